The highest BCUT2D eigenvalue weighted by atomic mass is 32.1. The van der Waals surface area contributed by atoms with Gasteiger partial charge in [0.05, 0.1) is 53.7 Å². The smallest absolute Gasteiger partial charge is 0.262 e. The molecule has 4 atom stereocenters. The number of thiophene rings is 2. The van der Waals surface area contributed by atoms with E-state index in [1.54, 1.807) is 53.9 Å². The van der Waals surface area contributed by atoms with Gasteiger partial charge < -0.3 is 49.7 Å². The molecule has 0 bridgehead atoms. The van der Waals surface area contributed by atoms with Gasteiger partial charge in [-0.15, -0.1) is 22.7 Å². The number of rotatable bonds is 23. The summed E-state index contributed by atoms with van der Waals surface area (Å²) in [7, 11) is 0. The molecule has 17 nitrogen and oxygen atoms in total. The molecule has 101 heavy (non-hydrogen) atoms. The first-order valence-electron chi connectivity index (χ1n) is 33.4. The van der Waals surface area contributed by atoms with Crippen LogP contribution in [0.25, 0.3) is 43.1 Å². The zero-order valence-electron chi connectivity index (χ0n) is 55.2. The Balaban J connectivity index is 0.931. The zero-order chi connectivity index (χ0) is 68.7. The lowest BCUT2D eigenvalue weighted by Crippen LogP contribution is -2.47. The van der Waals surface area contributed by atoms with Crippen molar-refractivity contribution in [3.63, 3.8) is 0 Å². The second kappa shape index (κ2) is 25.6. The van der Waals surface area contributed by atoms with Gasteiger partial charge in [-0.3, -0.25) is 33.8 Å². The first kappa shape index (κ1) is 62.9. The molecule has 0 radical (unpaired) electrons. The van der Waals surface area contributed by atoms with Gasteiger partial charge in [0.1, 0.15) is 46.0 Å². The lowest BCUT2D eigenvalue weighted by molar-refractivity contribution is -0.120. The van der Waals surface area contributed by atoms with Crippen molar-refractivity contribution >= 4 is 118 Å². The number of epoxide rings is 2. The van der Waals surface area contributed by atoms with Crippen LogP contribution in [0, 0.1) is 27.7 Å². The SMILES string of the molecule is Cc1ccc(Oc2cc3c4c(cc(Oc5ccc(C)cc5)c5c6c(Oc7ccc(C)cc7)cc7c8c(cc(Oc9ccc(C)cc9)c(c2c45)c86)C(=O)N(C(C(=O)Nc2ccc(NCC4CO4)cc2)c2cccs2)C7=O)C(=O)N(C(CNc2ccc(NCC4CO4)cc2)c2cccs2)C3=O)cc1. The van der Waals surface area contributed by atoms with Crippen molar-refractivity contribution in [3.8, 4) is 46.0 Å². The lowest BCUT2D eigenvalue weighted by Gasteiger charge is -2.36. The average molecular weight is 1370 g/mol. The van der Waals surface area contributed by atoms with Gasteiger partial charge >= 0.3 is 0 Å². The fourth-order valence-corrected chi connectivity index (χ4v) is 15.2. The van der Waals surface area contributed by atoms with Gasteiger partial charge in [0, 0.05) is 95.2 Å². The number of anilines is 4. The molecular formula is C82H64N6O11S2. The summed E-state index contributed by atoms with van der Waals surface area (Å²) in [5.41, 5.74) is 7.22. The molecule has 2 aromatic heterocycles. The number of nitrogens with zero attached hydrogens (tertiary/aromatic N) is 2. The molecule has 19 heteroatoms. The van der Waals surface area contributed by atoms with Gasteiger partial charge in [0.15, 0.2) is 6.04 Å². The standard InChI is InChI=1S/C82H64N6O11S2/c1-44-9-25-52(26-10-44)96-63-35-58-69-59(80(91)87(79(58)90)62(67-7-5-33-100-67)41-85-50-19-17-48(18-20-50)83-39-56-42-94-56)36-64(97-53-27-11-45(2)12-28-53)72-74-66(99-55-31-15-47(4)16-32-55)38-61-70-60(37-65(73(76(70)74)71(63)75(69)72)98-54-29-13-46(3)14-30-54)81(92)88(82(61)93)77(68-8-6-34-101-68)78(89)86-51-23-21-49(22-24-51)84-40-57-43-95-57/h5-38,56-57,62,77,83-85H,39-43H2,1-4H3,(H,86,89). The molecule has 2 saturated heterocycles. The zero-order valence-corrected chi connectivity index (χ0v) is 56.8. The number of amides is 5. The van der Waals surface area contributed by atoms with Gasteiger partial charge in [-0.25, -0.2) is 0 Å². The van der Waals surface area contributed by atoms with Gasteiger partial charge in [-0.1, -0.05) is 82.9 Å². The quantitative estimate of drug-likeness (QED) is 0.0204. The summed E-state index contributed by atoms with van der Waals surface area (Å²) < 4.78 is 39.8. The van der Waals surface area contributed by atoms with E-state index in [9.17, 15) is 0 Å². The van der Waals surface area contributed by atoms with Crippen LogP contribution in [0.2, 0.25) is 0 Å². The summed E-state index contributed by atoms with van der Waals surface area (Å²) in [4.78, 5) is 84.6. The maximum Gasteiger partial charge on any atom is 0.262 e. The van der Waals surface area contributed by atoms with Crippen LogP contribution in [0.4, 0.5) is 22.7 Å². The average Bonchev–Trinajstić information content (AvgIpc) is 1.49. The minimum Gasteiger partial charge on any atom is -0.457 e. The van der Waals surface area contributed by atoms with Crippen molar-refractivity contribution in [2.75, 3.05) is 54.1 Å². The molecule has 500 valence electrons. The fourth-order valence-electron chi connectivity index (χ4n) is 13.6. The molecule has 4 aliphatic heterocycles. The Bertz CT molecular complexity index is 5210. The van der Waals surface area contributed by atoms with E-state index < -0.39 is 41.6 Å². The Morgan fingerprint density at radius 1 is 0.416 bits per heavy atom. The van der Waals surface area contributed by atoms with Crippen LogP contribution in [0.1, 0.15) is 85.5 Å². The van der Waals surface area contributed by atoms with Crippen molar-refractivity contribution < 1.29 is 52.4 Å². The molecular weight excluding hydrogens is 1310 g/mol. The van der Waals surface area contributed by atoms with Crippen LogP contribution in [-0.2, 0) is 14.3 Å². The maximum absolute atomic E-state index is 16.4. The Hall–Kier alpha value is -11.6. The largest absolute Gasteiger partial charge is 0.457 e. The lowest BCUT2D eigenvalue weighted by atomic mass is 9.80. The number of ether oxygens (including phenoxy) is 6. The molecule has 2 fully saturated rings. The Morgan fingerprint density at radius 3 is 1.08 bits per heavy atom. The van der Waals surface area contributed by atoms with Crippen LogP contribution < -0.4 is 40.2 Å². The van der Waals surface area contributed by atoms with Gasteiger partial charge in [0.25, 0.3) is 29.5 Å². The number of benzene rings is 11. The van der Waals surface area contributed by atoms with E-state index in [0.29, 0.717) is 91.0 Å². The van der Waals surface area contributed by atoms with Crippen LogP contribution in [0.15, 0.2) is 205 Å². The molecule has 17 rings (SSSR count). The highest BCUT2D eigenvalue weighted by Gasteiger charge is 2.47. The summed E-state index contributed by atoms with van der Waals surface area (Å²) in [5.74, 6) is -1.11. The number of aryl methyl sites for hydroxylation is 4. The van der Waals surface area contributed by atoms with Gasteiger partial charge in [-0.2, -0.15) is 0 Å². The highest BCUT2D eigenvalue weighted by molar-refractivity contribution is 7.10. The normalized spacial score (nSPS) is 15.9. The Labute approximate surface area is 588 Å². The summed E-state index contributed by atoms with van der Waals surface area (Å²) in [6, 6.07) is 56.7. The summed E-state index contributed by atoms with van der Waals surface area (Å²) in [6.07, 6.45) is 0.340. The predicted octanol–water partition coefficient (Wildman–Crippen LogP) is 18.3. The molecule has 0 aliphatic carbocycles. The van der Waals surface area contributed by atoms with E-state index in [1.807, 2.05) is 179 Å². The topological polar surface area (TPSA) is 202 Å². The summed E-state index contributed by atoms with van der Waals surface area (Å²) in [6.45, 7) is 10.8. The predicted molar refractivity (Wildman–Crippen MR) is 394 cm³/mol. The summed E-state index contributed by atoms with van der Waals surface area (Å²) in [5, 5.41) is 19.8. The molecule has 5 amide bonds. The second-order valence-corrected chi connectivity index (χ2v) is 27.9. The van der Waals surface area contributed by atoms with Crippen LogP contribution >= 0.6 is 22.7 Å². The first-order chi connectivity index (χ1) is 49.2. The molecule has 6 heterocycles. The number of fused-ring (bicyclic) bond motifs is 2. The molecule has 11 aromatic carbocycles. The van der Waals surface area contributed by atoms with Gasteiger partial charge in [-0.05, 0) is 172 Å². The van der Waals surface area contributed by atoms with E-state index in [4.69, 9.17) is 28.4 Å². The molecule has 4 aliphatic rings. The number of imide groups is 2. The van der Waals surface area contributed by atoms with Crippen LogP contribution in [-0.4, -0.2) is 84.4 Å². The fraction of sp³-hybridized carbons (Fsp3) is 0.159. The van der Waals surface area contributed by atoms with Crippen molar-refractivity contribution in [1.29, 1.82) is 0 Å². The molecule has 4 N–H and O–H groups in total. The second-order valence-electron chi connectivity index (χ2n) is 26.0. The van der Waals surface area contributed by atoms with Crippen molar-refractivity contribution in [2.45, 2.75) is 52.0 Å². The number of hydrogen-bond acceptors (Lipinski definition) is 16. The minimum atomic E-state index is -1.48. The number of carbonyl (C=O) groups is 5. The third-order valence-electron chi connectivity index (χ3n) is 18.9. The highest BCUT2D eigenvalue weighted by Crippen LogP contribution is 2.59. The van der Waals surface area contributed by atoms with E-state index in [0.717, 1.165) is 55.7 Å². The molecule has 13 aromatic rings. The first-order valence-corrected chi connectivity index (χ1v) is 35.1. The van der Waals surface area contributed by atoms with Gasteiger partial charge in [0.2, 0.25) is 0 Å². The Morgan fingerprint density at radius 2 is 0.743 bits per heavy atom. The van der Waals surface area contributed by atoms with Crippen LogP contribution in [0.3, 0.4) is 0 Å². The molecule has 0 saturated carbocycles. The van der Waals surface area contributed by atoms with E-state index in [1.165, 1.54) is 27.6 Å². The minimum absolute atomic E-state index is 0.0367. The van der Waals surface area contributed by atoms with Crippen molar-refractivity contribution in [2.24, 2.45) is 0 Å². The van der Waals surface area contributed by atoms with E-state index in [-0.39, 0.29) is 69.4 Å². The molecule has 4 unspecified atom stereocenters. The van der Waals surface area contributed by atoms with E-state index in [2.05, 4.69) is 21.3 Å². The van der Waals surface area contributed by atoms with Crippen molar-refractivity contribution in [1.82, 2.24) is 9.80 Å². The summed E-state index contributed by atoms with van der Waals surface area (Å²) >= 11 is 2.67. The van der Waals surface area contributed by atoms with Crippen molar-refractivity contribution in [3.05, 3.63) is 259 Å². The number of nitrogens with one attached hydrogen (secondary N) is 4. The third kappa shape index (κ3) is 11.9. The maximum atomic E-state index is 16.4. The van der Waals surface area contributed by atoms with Crippen LogP contribution in [0.5, 0.6) is 46.0 Å². The monoisotopic (exact) mass is 1370 g/mol. The number of hydrogen-bond donors (Lipinski definition) is 4. The Kier molecular flexibility index (Phi) is 15.9. The third-order valence-corrected chi connectivity index (χ3v) is 20.8. The number of carbonyl (C=O) groups excluding carboxylic acids is 5. The molecule has 0 spiro atoms. The van der Waals surface area contributed by atoms with E-state index >= 15 is 24.0 Å².